The van der Waals surface area contributed by atoms with E-state index in [4.69, 9.17) is 0 Å². The van der Waals surface area contributed by atoms with E-state index in [9.17, 15) is 0 Å². The van der Waals surface area contributed by atoms with Crippen molar-refractivity contribution >= 4 is 6.21 Å². The molecule has 0 N–H and O–H groups in total. The maximum Gasteiger partial charge on any atom is 0.0409 e. The monoisotopic (exact) mass is 192 g/mol. The molecule has 1 heterocycles. The molecule has 78 valence electrons. The predicted octanol–water partition coefficient (Wildman–Crippen LogP) is 3.02. The lowest BCUT2D eigenvalue weighted by molar-refractivity contribution is 0.165. The zero-order valence-corrected chi connectivity index (χ0v) is 9.67. The standard InChI is InChI=1S/C12H20N2/c1-5-8-14-11-9(2)12(3,4)10(11)6-7-13-14/h7,9H,5-6,8H2,1-4H3. The SMILES string of the molecule is CCCN1N=CCC2=C1C(C)C2(C)C. The third-order valence-corrected chi connectivity index (χ3v) is 3.81. The molecular weight excluding hydrogens is 172 g/mol. The minimum Gasteiger partial charge on any atom is -0.270 e. The van der Waals surface area contributed by atoms with Crippen LogP contribution in [0.1, 0.15) is 40.5 Å². The Morgan fingerprint density at radius 3 is 2.93 bits per heavy atom. The molecule has 1 unspecified atom stereocenters. The highest BCUT2D eigenvalue weighted by molar-refractivity contribution is 5.66. The quantitative estimate of drug-likeness (QED) is 0.656. The Labute approximate surface area is 86.7 Å². The minimum atomic E-state index is 0.397. The van der Waals surface area contributed by atoms with Crippen molar-refractivity contribution in [2.75, 3.05) is 6.54 Å². The van der Waals surface area contributed by atoms with E-state index in [0.717, 1.165) is 13.0 Å². The summed E-state index contributed by atoms with van der Waals surface area (Å²) in [6.45, 7) is 10.3. The molecule has 0 amide bonds. The van der Waals surface area contributed by atoms with Crippen LogP contribution in [0.4, 0.5) is 0 Å². The van der Waals surface area contributed by atoms with Gasteiger partial charge in [-0.1, -0.05) is 27.7 Å². The van der Waals surface area contributed by atoms with Gasteiger partial charge in [-0.2, -0.15) is 5.10 Å². The fourth-order valence-corrected chi connectivity index (χ4v) is 2.55. The van der Waals surface area contributed by atoms with Crippen LogP contribution in [-0.2, 0) is 0 Å². The van der Waals surface area contributed by atoms with Gasteiger partial charge in [-0.05, 0) is 17.4 Å². The average molecular weight is 192 g/mol. The Kier molecular flexibility index (Phi) is 2.17. The fraction of sp³-hybridized carbons (Fsp3) is 0.750. The van der Waals surface area contributed by atoms with Crippen molar-refractivity contribution in [1.29, 1.82) is 0 Å². The maximum atomic E-state index is 4.47. The maximum absolute atomic E-state index is 4.47. The molecule has 0 fully saturated rings. The summed E-state index contributed by atoms with van der Waals surface area (Å²) in [4.78, 5) is 0. The summed E-state index contributed by atoms with van der Waals surface area (Å²) in [5.41, 5.74) is 3.50. The van der Waals surface area contributed by atoms with Gasteiger partial charge < -0.3 is 0 Å². The summed E-state index contributed by atoms with van der Waals surface area (Å²) in [6.07, 6.45) is 4.29. The van der Waals surface area contributed by atoms with Gasteiger partial charge in [0.05, 0.1) is 0 Å². The molecule has 0 radical (unpaired) electrons. The summed E-state index contributed by atoms with van der Waals surface area (Å²) in [5, 5.41) is 6.67. The van der Waals surface area contributed by atoms with E-state index in [1.54, 1.807) is 5.57 Å². The number of hydrogen-bond donors (Lipinski definition) is 0. The first kappa shape index (κ1) is 9.75. The van der Waals surface area contributed by atoms with Crippen LogP contribution in [0.25, 0.3) is 0 Å². The van der Waals surface area contributed by atoms with Crippen LogP contribution < -0.4 is 0 Å². The number of allylic oxidation sites excluding steroid dienone is 2. The first-order chi connectivity index (χ1) is 6.59. The number of hydrazone groups is 1. The van der Waals surface area contributed by atoms with E-state index in [1.807, 2.05) is 0 Å². The van der Waals surface area contributed by atoms with Gasteiger partial charge in [-0.3, -0.25) is 5.01 Å². The summed E-state index contributed by atoms with van der Waals surface area (Å²) in [5.74, 6) is 0.668. The summed E-state index contributed by atoms with van der Waals surface area (Å²) >= 11 is 0. The Hall–Kier alpha value is -0.790. The highest BCUT2D eigenvalue weighted by atomic mass is 15.5. The minimum absolute atomic E-state index is 0.397. The van der Waals surface area contributed by atoms with Crippen LogP contribution in [0.2, 0.25) is 0 Å². The van der Waals surface area contributed by atoms with Gasteiger partial charge in [-0.15, -0.1) is 0 Å². The number of rotatable bonds is 2. The zero-order chi connectivity index (χ0) is 10.3. The Balaban J connectivity index is 2.25. The van der Waals surface area contributed by atoms with Crippen molar-refractivity contribution in [1.82, 2.24) is 5.01 Å². The first-order valence-electron chi connectivity index (χ1n) is 5.62. The Morgan fingerprint density at radius 1 is 1.57 bits per heavy atom. The molecule has 0 aromatic rings. The van der Waals surface area contributed by atoms with Gasteiger partial charge in [0.2, 0.25) is 0 Å². The lowest BCUT2D eigenvalue weighted by Gasteiger charge is -2.51. The molecule has 2 aliphatic rings. The summed E-state index contributed by atoms with van der Waals surface area (Å²) in [6, 6.07) is 0. The van der Waals surface area contributed by atoms with E-state index in [1.165, 1.54) is 12.1 Å². The first-order valence-corrected chi connectivity index (χ1v) is 5.62. The Morgan fingerprint density at radius 2 is 2.29 bits per heavy atom. The molecule has 1 aliphatic heterocycles. The van der Waals surface area contributed by atoms with Crippen LogP contribution in [-0.4, -0.2) is 17.8 Å². The normalized spacial score (nSPS) is 28.9. The molecule has 0 saturated heterocycles. The van der Waals surface area contributed by atoms with Crippen LogP contribution >= 0.6 is 0 Å². The second kappa shape index (κ2) is 3.11. The van der Waals surface area contributed by atoms with Gasteiger partial charge in [0.1, 0.15) is 0 Å². The van der Waals surface area contributed by atoms with Crippen molar-refractivity contribution in [2.24, 2.45) is 16.4 Å². The van der Waals surface area contributed by atoms with Crippen LogP contribution in [0.3, 0.4) is 0 Å². The molecule has 0 aromatic carbocycles. The number of nitrogens with zero attached hydrogens (tertiary/aromatic N) is 2. The van der Waals surface area contributed by atoms with Gasteiger partial charge in [0.15, 0.2) is 0 Å². The van der Waals surface area contributed by atoms with Gasteiger partial charge in [-0.25, -0.2) is 0 Å². The smallest absolute Gasteiger partial charge is 0.0409 e. The zero-order valence-electron chi connectivity index (χ0n) is 9.67. The predicted molar refractivity (Wildman–Crippen MR) is 60.1 cm³/mol. The molecule has 2 rings (SSSR count). The summed E-state index contributed by atoms with van der Waals surface area (Å²) < 4.78 is 0. The van der Waals surface area contributed by atoms with Crippen LogP contribution in [0.15, 0.2) is 16.4 Å². The molecule has 0 bridgehead atoms. The summed E-state index contributed by atoms with van der Waals surface area (Å²) in [7, 11) is 0. The highest BCUT2D eigenvalue weighted by Crippen LogP contribution is 2.54. The van der Waals surface area contributed by atoms with Crippen LogP contribution in [0, 0.1) is 11.3 Å². The van der Waals surface area contributed by atoms with Crippen molar-refractivity contribution in [3.8, 4) is 0 Å². The van der Waals surface area contributed by atoms with Gasteiger partial charge in [0.25, 0.3) is 0 Å². The van der Waals surface area contributed by atoms with Crippen LogP contribution in [0.5, 0.6) is 0 Å². The molecule has 0 spiro atoms. The van der Waals surface area contributed by atoms with E-state index < -0.39 is 0 Å². The third kappa shape index (κ3) is 1.13. The lowest BCUT2D eigenvalue weighted by atomic mass is 9.60. The molecule has 14 heavy (non-hydrogen) atoms. The number of hydrogen-bond acceptors (Lipinski definition) is 2. The van der Waals surface area contributed by atoms with E-state index in [2.05, 4.69) is 44.0 Å². The molecule has 0 aromatic heterocycles. The highest BCUT2D eigenvalue weighted by Gasteiger charge is 2.46. The molecule has 0 saturated carbocycles. The second-order valence-corrected chi connectivity index (χ2v) is 4.93. The van der Waals surface area contributed by atoms with E-state index in [0.29, 0.717) is 11.3 Å². The topological polar surface area (TPSA) is 15.6 Å². The van der Waals surface area contributed by atoms with E-state index >= 15 is 0 Å². The largest absolute Gasteiger partial charge is 0.270 e. The third-order valence-electron chi connectivity index (χ3n) is 3.81. The van der Waals surface area contributed by atoms with Gasteiger partial charge >= 0.3 is 0 Å². The molecular formula is C12H20N2. The average Bonchev–Trinajstić information content (AvgIpc) is 2.17. The van der Waals surface area contributed by atoms with Gasteiger partial charge in [0, 0.05) is 30.8 Å². The van der Waals surface area contributed by atoms with Crippen molar-refractivity contribution in [3.05, 3.63) is 11.3 Å². The fourth-order valence-electron chi connectivity index (χ4n) is 2.55. The lowest BCUT2D eigenvalue weighted by Crippen LogP contribution is -2.45. The van der Waals surface area contributed by atoms with E-state index in [-0.39, 0.29) is 0 Å². The van der Waals surface area contributed by atoms with Crippen molar-refractivity contribution in [2.45, 2.75) is 40.5 Å². The molecule has 1 atom stereocenters. The molecule has 1 aliphatic carbocycles. The molecule has 2 nitrogen and oxygen atoms in total. The van der Waals surface area contributed by atoms with Crippen molar-refractivity contribution < 1.29 is 0 Å². The second-order valence-electron chi connectivity index (χ2n) is 4.93. The Bertz CT molecular complexity index is 299. The van der Waals surface area contributed by atoms with Crippen molar-refractivity contribution in [3.63, 3.8) is 0 Å². The molecule has 2 heteroatoms.